The van der Waals surface area contributed by atoms with Crippen molar-refractivity contribution in [2.24, 2.45) is 18.7 Å². The molecule has 2 heterocycles. The van der Waals surface area contributed by atoms with E-state index in [-0.39, 0.29) is 17.9 Å². The van der Waals surface area contributed by atoms with Gasteiger partial charge in [0.15, 0.2) is 0 Å². The topological polar surface area (TPSA) is 105 Å². The Morgan fingerprint density at radius 1 is 1.11 bits per heavy atom. The Morgan fingerprint density at radius 3 is 2.57 bits per heavy atom. The van der Waals surface area contributed by atoms with Gasteiger partial charge >= 0.3 is 0 Å². The Bertz CT molecular complexity index is 1550. The number of nitriles is 1. The van der Waals surface area contributed by atoms with E-state index >= 15 is 0 Å². The van der Waals surface area contributed by atoms with Gasteiger partial charge in [-0.05, 0) is 59.7 Å². The monoisotopic (exact) mass is 463 g/mol. The zero-order valence-corrected chi connectivity index (χ0v) is 19.4. The molecule has 7 heteroatoms. The van der Waals surface area contributed by atoms with Gasteiger partial charge in [0.1, 0.15) is 17.3 Å². The van der Waals surface area contributed by atoms with Gasteiger partial charge in [-0.3, -0.25) is 9.59 Å². The highest BCUT2D eigenvalue weighted by Crippen LogP contribution is 2.38. The molecule has 1 amide bonds. The number of hydrogen-bond donors (Lipinski definition) is 1. The second-order valence-corrected chi connectivity index (χ2v) is 9.05. The molecular weight excluding hydrogens is 438 g/mol. The molecule has 35 heavy (non-hydrogen) atoms. The third-order valence-electron chi connectivity index (χ3n) is 6.41. The summed E-state index contributed by atoms with van der Waals surface area (Å²) < 4.78 is 1.56. The summed E-state index contributed by atoms with van der Waals surface area (Å²) in [6.45, 7) is 0.756. The number of carbonyl (C=O) groups is 1. The molecule has 1 fully saturated rings. The van der Waals surface area contributed by atoms with E-state index in [9.17, 15) is 14.9 Å². The lowest BCUT2D eigenvalue weighted by atomic mass is 10.0. The third kappa shape index (κ3) is 4.64. The van der Waals surface area contributed by atoms with Crippen LogP contribution in [-0.2, 0) is 18.3 Å². The van der Waals surface area contributed by atoms with Crippen LogP contribution < -0.4 is 16.2 Å². The minimum absolute atomic E-state index is 0.130. The van der Waals surface area contributed by atoms with Gasteiger partial charge in [0.2, 0.25) is 5.91 Å². The van der Waals surface area contributed by atoms with Crippen LogP contribution in [0, 0.1) is 17.2 Å². The summed E-state index contributed by atoms with van der Waals surface area (Å²) in [5, 5.41) is 9.44. The predicted octanol–water partition coefficient (Wildman–Crippen LogP) is 4.05. The molecule has 1 aliphatic carbocycles. The molecule has 4 aromatic rings. The maximum atomic E-state index is 12.9. The molecule has 7 nitrogen and oxygen atoms in total. The van der Waals surface area contributed by atoms with Crippen LogP contribution in [-0.4, -0.2) is 22.0 Å². The van der Waals surface area contributed by atoms with Crippen molar-refractivity contribution < 1.29 is 4.79 Å². The molecule has 0 radical (unpaired) electrons. The normalized spacial score (nSPS) is 12.9. The van der Waals surface area contributed by atoms with E-state index < -0.39 is 0 Å². The van der Waals surface area contributed by atoms with E-state index in [0.29, 0.717) is 28.3 Å². The molecule has 0 saturated heterocycles. The standard InChI is InChI=1S/C28H25N5O2/c1-32-24-11-10-22(16-29)31-28(24)25(15-27(32)35)33(17-18-8-9-18)23-7-3-6-21(14-23)20-5-2-4-19(12-20)13-26(30)34/h2-7,10-12,14-15,18H,8-9,13,17H2,1H3,(H2,30,34). The minimum Gasteiger partial charge on any atom is -0.369 e. The highest BCUT2D eigenvalue weighted by atomic mass is 16.1. The number of nitrogens with two attached hydrogens (primary N) is 1. The lowest BCUT2D eigenvalue weighted by Crippen LogP contribution is -2.25. The number of amides is 1. The van der Waals surface area contributed by atoms with Crippen molar-refractivity contribution >= 4 is 28.3 Å². The Hall–Kier alpha value is -4.44. The van der Waals surface area contributed by atoms with E-state index in [0.717, 1.165) is 41.8 Å². The molecular formula is C28H25N5O2. The van der Waals surface area contributed by atoms with Crippen molar-refractivity contribution in [1.82, 2.24) is 9.55 Å². The summed E-state index contributed by atoms with van der Waals surface area (Å²) in [4.78, 5) is 31.0. The number of benzene rings is 2. The van der Waals surface area contributed by atoms with Gasteiger partial charge in [-0.25, -0.2) is 4.98 Å². The SMILES string of the molecule is Cn1c(=O)cc(N(CC2CC2)c2cccc(-c3cccc(CC(N)=O)c3)c2)c2nc(C#N)ccc21. The first-order valence-corrected chi connectivity index (χ1v) is 11.6. The highest BCUT2D eigenvalue weighted by Gasteiger charge is 2.27. The molecule has 1 aliphatic rings. The second kappa shape index (κ2) is 9.07. The molecule has 0 unspecified atom stereocenters. The Labute approximate surface area is 203 Å². The predicted molar refractivity (Wildman–Crippen MR) is 136 cm³/mol. The van der Waals surface area contributed by atoms with Crippen LogP contribution in [0.3, 0.4) is 0 Å². The Morgan fingerprint density at radius 2 is 1.86 bits per heavy atom. The molecule has 2 aromatic heterocycles. The molecule has 174 valence electrons. The first-order valence-electron chi connectivity index (χ1n) is 11.6. The van der Waals surface area contributed by atoms with E-state index in [1.807, 2.05) is 42.5 Å². The van der Waals surface area contributed by atoms with Crippen LogP contribution in [0.2, 0.25) is 0 Å². The van der Waals surface area contributed by atoms with Crippen molar-refractivity contribution in [2.45, 2.75) is 19.3 Å². The van der Waals surface area contributed by atoms with Gasteiger partial charge in [-0.1, -0.05) is 36.4 Å². The smallest absolute Gasteiger partial charge is 0.252 e. The first kappa shape index (κ1) is 22.4. The number of rotatable bonds is 7. The number of carbonyl (C=O) groups excluding carboxylic acids is 1. The zero-order valence-electron chi connectivity index (χ0n) is 19.4. The molecule has 0 atom stereocenters. The van der Waals surface area contributed by atoms with Gasteiger partial charge in [0.05, 0.1) is 17.6 Å². The summed E-state index contributed by atoms with van der Waals surface area (Å²) in [7, 11) is 1.72. The molecule has 2 N–H and O–H groups in total. The average molecular weight is 464 g/mol. The number of aryl methyl sites for hydroxylation is 1. The zero-order chi connectivity index (χ0) is 24.5. The lowest BCUT2D eigenvalue weighted by Gasteiger charge is -2.27. The van der Waals surface area contributed by atoms with Crippen LogP contribution in [0.25, 0.3) is 22.2 Å². The van der Waals surface area contributed by atoms with Crippen molar-refractivity contribution in [1.29, 1.82) is 5.26 Å². The maximum absolute atomic E-state index is 12.9. The van der Waals surface area contributed by atoms with E-state index in [1.54, 1.807) is 29.8 Å². The maximum Gasteiger partial charge on any atom is 0.252 e. The minimum atomic E-state index is -0.367. The number of fused-ring (bicyclic) bond motifs is 1. The molecule has 0 bridgehead atoms. The van der Waals surface area contributed by atoms with Crippen LogP contribution in [0.4, 0.5) is 11.4 Å². The molecule has 0 aliphatic heterocycles. The number of primary amides is 1. The summed E-state index contributed by atoms with van der Waals surface area (Å²) in [5.74, 6) is 0.170. The number of pyridine rings is 2. The van der Waals surface area contributed by atoms with Gasteiger partial charge in [-0.2, -0.15) is 5.26 Å². The Balaban J connectivity index is 1.64. The lowest BCUT2D eigenvalue weighted by molar-refractivity contribution is -0.117. The first-order chi connectivity index (χ1) is 16.9. The molecule has 2 aromatic carbocycles. The molecule has 0 spiro atoms. The molecule has 1 saturated carbocycles. The number of hydrogen-bond acceptors (Lipinski definition) is 5. The second-order valence-electron chi connectivity index (χ2n) is 9.05. The fourth-order valence-corrected chi connectivity index (χ4v) is 4.40. The average Bonchev–Trinajstić information content (AvgIpc) is 3.69. The summed E-state index contributed by atoms with van der Waals surface area (Å²) in [5.41, 5.74) is 11.3. The summed E-state index contributed by atoms with van der Waals surface area (Å²) in [6.07, 6.45) is 2.48. The fourth-order valence-electron chi connectivity index (χ4n) is 4.40. The van der Waals surface area contributed by atoms with Gasteiger partial charge < -0.3 is 15.2 Å². The van der Waals surface area contributed by atoms with Crippen LogP contribution in [0.1, 0.15) is 24.1 Å². The van der Waals surface area contributed by atoms with Crippen molar-refractivity contribution in [2.75, 3.05) is 11.4 Å². The highest BCUT2D eigenvalue weighted by molar-refractivity contribution is 5.91. The van der Waals surface area contributed by atoms with Crippen molar-refractivity contribution in [3.63, 3.8) is 0 Å². The summed E-state index contributed by atoms with van der Waals surface area (Å²) >= 11 is 0. The van der Waals surface area contributed by atoms with Gasteiger partial charge in [0.25, 0.3) is 5.56 Å². The van der Waals surface area contributed by atoms with E-state index in [2.05, 4.69) is 22.0 Å². The van der Waals surface area contributed by atoms with Crippen LogP contribution in [0.15, 0.2) is 71.5 Å². The molecule has 5 rings (SSSR count). The number of aromatic nitrogens is 2. The quantitative estimate of drug-likeness (QED) is 0.445. The van der Waals surface area contributed by atoms with E-state index in [1.165, 1.54) is 0 Å². The van der Waals surface area contributed by atoms with Crippen LogP contribution >= 0.6 is 0 Å². The largest absolute Gasteiger partial charge is 0.369 e. The summed E-state index contributed by atoms with van der Waals surface area (Å²) in [6, 6.07) is 23.1. The Kier molecular flexibility index (Phi) is 5.79. The van der Waals surface area contributed by atoms with Crippen molar-refractivity contribution in [3.8, 4) is 17.2 Å². The third-order valence-corrected chi connectivity index (χ3v) is 6.41. The number of nitrogens with zero attached hydrogens (tertiary/aromatic N) is 4. The van der Waals surface area contributed by atoms with E-state index in [4.69, 9.17) is 5.73 Å². The fraction of sp³-hybridized carbons (Fsp3) is 0.214. The van der Waals surface area contributed by atoms with Crippen molar-refractivity contribution in [3.05, 3.63) is 88.3 Å². The van der Waals surface area contributed by atoms with Gasteiger partial charge in [0, 0.05) is 25.3 Å². The number of anilines is 2. The van der Waals surface area contributed by atoms with Gasteiger partial charge in [-0.15, -0.1) is 0 Å². The van der Waals surface area contributed by atoms with Crippen LogP contribution in [0.5, 0.6) is 0 Å².